The number of hydrogen-bond acceptors (Lipinski definition) is 2. The number of nitrogens with zero attached hydrogens (tertiary/aromatic N) is 2. The van der Waals surface area contributed by atoms with Crippen molar-refractivity contribution in [2.24, 2.45) is 0 Å². The molecular formula is C17H12N2O. The summed E-state index contributed by atoms with van der Waals surface area (Å²) in [4.78, 5) is 16.6. The van der Waals surface area contributed by atoms with E-state index in [0.29, 0.717) is 5.56 Å². The molecular weight excluding hydrogens is 248 g/mol. The van der Waals surface area contributed by atoms with Gasteiger partial charge in [-0.15, -0.1) is 0 Å². The third-order valence-corrected chi connectivity index (χ3v) is 3.66. The van der Waals surface area contributed by atoms with Crippen LogP contribution in [0.15, 0.2) is 54.6 Å². The first kappa shape index (κ1) is 11.2. The molecule has 4 rings (SSSR count). The van der Waals surface area contributed by atoms with E-state index in [0.717, 1.165) is 27.6 Å². The molecule has 0 unspecified atom stereocenters. The molecule has 4 aromatic rings. The lowest BCUT2D eigenvalue weighted by atomic mass is 10.1. The van der Waals surface area contributed by atoms with Crippen LogP contribution in [0.1, 0.15) is 17.3 Å². The summed E-state index contributed by atoms with van der Waals surface area (Å²) in [6.45, 7) is 1.59. The van der Waals surface area contributed by atoms with E-state index in [2.05, 4.69) is 15.5 Å². The van der Waals surface area contributed by atoms with Crippen molar-refractivity contribution in [3.8, 4) is 0 Å². The molecule has 0 N–H and O–H groups in total. The molecule has 0 aliphatic rings. The molecule has 0 aliphatic heterocycles. The van der Waals surface area contributed by atoms with E-state index in [9.17, 15) is 4.79 Å². The predicted molar refractivity (Wildman–Crippen MR) is 80.2 cm³/mol. The Kier molecular flexibility index (Phi) is 2.18. The Morgan fingerprint density at radius 1 is 1.00 bits per heavy atom. The summed E-state index contributed by atoms with van der Waals surface area (Å²) in [5, 5.41) is 1.05. The van der Waals surface area contributed by atoms with Crippen molar-refractivity contribution >= 4 is 33.4 Å². The molecule has 20 heavy (non-hydrogen) atoms. The molecule has 0 bridgehead atoms. The van der Waals surface area contributed by atoms with E-state index >= 15 is 0 Å². The van der Waals surface area contributed by atoms with Crippen LogP contribution in [0.2, 0.25) is 0 Å². The van der Waals surface area contributed by atoms with Gasteiger partial charge in [-0.1, -0.05) is 30.3 Å². The molecule has 2 aromatic heterocycles. The minimum atomic E-state index is 0.0380. The van der Waals surface area contributed by atoms with Crippen molar-refractivity contribution in [3.63, 3.8) is 0 Å². The number of pyridine rings is 1. The molecule has 3 heteroatoms. The third kappa shape index (κ3) is 1.40. The van der Waals surface area contributed by atoms with Gasteiger partial charge in [-0.3, -0.25) is 9.20 Å². The first-order valence-corrected chi connectivity index (χ1v) is 6.55. The third-order valence-electron chi connectivity index (χ3n) is 3.66. The Hall–Kier alpha value is -2.68. The van der Waals surface area contributed by atoms with Gasteiger partial charge in [-0.25, -0.2) is 4.98 Å². The Bertz CT molecular complexity index is 982. The molecule has 0 fully saturated rings. The largest absolute Gasteiger partial charge is 0.294 e. The van der Waals surface area contributed by atoms with E-state index in [-0.39, 0.29) is 5.78 Å². The second-order valence-corrected chi connectivity index (χ2v) is 4.93. The highest BCUT2D eigenvalue weighted by atomic mass is 16.1. The van der Waals surface area contributed by atoms with Gasteiger partial charge in [-0.2, -0.15) is 0 Å². The molecule has 0 saturated heterocycles. The lowest BCUT2D eigenvalue weighted by Gasteiger charge is -2.06. The number of para-hydroxylation sites is 3. The van der Waals surface area contributed by atoms with Gasteiger partial charge >= 0.3 is 0 Å². The lowest BCUT2D eigenvalue weighted by Crippen LogP contribution is -1.99. The number of rotatable bonds is 1. The summed E-state index contributed by atoms with van der Waals surface area (Å²) in [6, 6.07) is 18.0. The predicted octanol–water partition coefficient (Wildman–Crippen LogP) is 3.84. The Balaban J connectivity index is 2.37. The molecule has 0 atom stereocenters. The number of hydrogen-bond donors (Lipinski definition) is 0. The number of fused-ring (bicyclic) bond motifs is 5. The fourth-order valence-electron chi connectivity index (χ4n) is 2.74. The monoisotopic (exact) mass is 260 g/mol. The second-order valence-electron chi connectivity index (χ2n) is 4.93. The molecule has 2 heterocycles. The van der Waals surface area contributed by atoms with E-state index in [4.69, 9.17) is 0 Å². The number of aromatic nitrogens is 2. The topological polar surface area (TPSA) is 34.4 Å². The molecule has 96 valence electrons. The first-order valence-electron chi connectivity index (χ1n) is 6.55. The zero-order valence-electron chi connectivity index (χ0n) is 11.0. The Morgan fingerprint density at radius 2 is 1.70 bits per heavy atom. The molecule has 0 aliphatic carbocycles. The van der Waals surface area contributed by atoms with Crippen LogP contribution in [0.5, 0.6) is 0 Å². The fraction of sp³-hybridized carbons (Fsp3) is 0.0588. The molecule has 0 spiro atoms. The quantitative estimate of drug-likeness (QED) is 0.487. The smallest absolute Gasteiger partial charge is 0.163 e. The van der Waals surface area contributed by atoms with Gasteiger partial charge < -0.3 is 0 Å². The number of imidazole rings is 1. The van der Waals surface area contributed by atoms with Gasteiger partial charge in [0.05, 0.1) is 22.1 Å². The van der Waals surface area contributed by atoms with Gasteiger partial charge in [0.2, 0.25) is 0 Å². The van der Waals surface area contributed by atoms with Crippen molar-refractivity contribution in [1.29, 1.82) is 0 Å². The van der Waals surface area contributed by atoms with Crippen molar-refractivity contribution in [2.45, 2.75) is 6.92 Å². The van der Waals surface area contributed by atoms with Crippen molar-refractivity contribution < 1.29 is 4.79 Å². The number of carbonyl (C=O) groups excluding carboxylic acids is 1. The van der Waals surface area contributed by atoms with Crippen molar-refractivity contribution in [1.82, 2.24) is 9.38 Å². The van der Waals surface area contributed by atoms with Gasteiger partial charge in [0, 0.05) is 0 Å². The maximum absolute atomic E-state index is 11.9. The minimum absolute atomic E-state index is 0.0380. The average Bonchev–Trinajstić information content (AvgIpc) is 2.85. The highest BCUT2D eigenvalue weighted by Gasteiger charge is 2.14. The van der Waals surface area contributed by atoms with Crippen LogP contribution in [0.3, 0.4) is 0 Å². The Morgan fingerprint density at radius 3 is 2.50 bits per heavy atom. The van der Waals surface area contributed by atoms with E-state index < -0.39 is 0 Å². The Labute approximate surface area is 115 Å². The van der Waals surface area contributed by atoms with Crippen LogP contribution in [-0.4, -0.2) is 15.2 Å². The number of ketones is 1. The maximum Gasteiger partial charge on any atom is 0.163 e. The highest BCUT2D eigenvalue weighted by molar-refractivity contribution is 6.05. The SMILES string of the molecule is CC(=O)c1cc2ccccc2n2c1nc1ccccc12. The van der Waals surface area contributed by atoms with Gasteiger partial charge in [0.15, 0.2) is 5.78 Å². The summed E-state index contributed by atoms with van der Waals surface area (Å²) in [5.41, 5.74) is 4.41. The summed E-state index contributed by atoms with van der Waals surface area (Å²) in [7, 11) is 0. The van der Waals surface area contributed by atoms with Crippen LogP contribution in [-0.2, 0) is 0 Å². The number of carbonyl (C=O) groups is 1. The van der Waals surface area contributed by atoms with E-state index in [1.807, 2.05) is 48.5 Å². The zero-order valence-corrected chi connectivity index (χ0v) is 11.0. The van der Waals surface area contributed by atoms with E-state index in [1.165, 1.54) is 0 Å². The minimum Gasteiger partial charge on any atom is -0.294 e. The first-order chi connectivity index (χ1) is 9.75. The van der Waals surface area contributed by atoms with E-state index in [1.54, 1.807) is 6.92 Å². The fourth-order valence-corrected chi connectivity index (χ4v) is 2.74. The van der Waals surface area contributed by atoms with Crippen LogP contribution in [0.25, 0.3) is 27.6 Å². The average molecular weight is 260 g/mol. The number of Topliss-reactive ketones (excluding diaryl/α,β-unsaturated/α-hetero) is 1. The van der Waals surface area contributed by atoms with Crippen LogP contribution < -0.4 is 0 Å². The maximum atomic E-state index is 11.9. The van der Waals surface area contributed by atoms with Crippen molar-refractivity contribution in [2.75, 3.05) is 0 Å². The molecule has 0 radical (unpaired) electrons. The molecule has 0 amide bonds. The normalized spacial score (nSPS) is 11.4. The summed E-state index contributed by atoms with van der Waals surface area (Å²) < 4.78 is 2.07. The van der Waals surface area contributed by atoms with Crippen LogP contribution in [0.4, 0.5) is 0 Å². The molecule has 0 saturated carbocycles. The van der Waals surface area contributed by atoms with Crippen molar-refractivity contribution in [3.05, 3.63) is 60.2 Å². The van der Waals surface area contributed by atoms with Crippen LogP contribution >= 0.6 is 0 Å². The summed E-state index contributed by atoms with van der Waals surface area (Å²) in [6.07, 6.45) is 0. The highest BCUT2D eigenvalue weighted by Crippen LogP contribution is 2.26. The van der Waals surface area contributed by atoms with Gasteiger partial charge in [-0.05, 0) is 36.6 Å². The molecule has 3 nitrogen and oxygen atoms in total. The summed E-state index contributed by atoms with van der Waals surface area (Å²) >= 11 is 0. The van der Waals surface area contributed by atoms with Gasteiger partial charge in [0.25, 0.3) is 0 Å². The van der Waals surface area contributed by atoms with Gasteiger partial charge in [0.1, 0.15) is 5.65 Å². The number of benzene rings is 2. The summed E-state index contributed by atoms with van der Waals surface area (Å²) in [5.74, 6) is 0.0380. The zero-order chi connectivity index (χ0) is 13.7. The molecule has 2 aromatic carbocycles. The second kappa shape index (κ2) is 3.90. The van der Waals surface area contributed by atoms with Crippen LogP contribution in [0, 0.1) is 0 Å². The lowest BCUT2D eigenvalue weighted by molar-refractivity contribution is 0.101. The standard InChI is InChI=1S/C17H12N2O/c1-11(20)13-10-12-6-2-4-8-15(12)19-16-9-5-3-7-14(16)18-17(13)19/h2-10H,1H3.